The number of aliphatic imine (C=N–C) groups is 1. The number of fused-ring (bicyclic) bond motifs is 2. The molecule has 4 rings (SSSR count). The molecule has 1 saturated heterocycles. The van der Waals surface area contributed by atoms with Gasteiger partial charge in [0.25, 0.3) is 5.91 Å². The number of anilines is 2. The number of aliphatic hydroxyl groups excluding tert-OH is 1. The zero-order valence-electron chi connectivity index (χ0n) is 14.3. The summed E-state index contributed by atoms with van der Waals surface area (Å²) in [6.45, 7) is 1.18. The minimum absolute atomic E-state index is 0.0189. The van der Waals surface area contributed by atoms with Crippen LogP contribution in [-0.2, 0) is 4.79 Å². The van der Waals surface area contributed by atoms with E-state index in [4.69, 9.17) is 0 Å². The number of hydrogen-bond acceptors (Lipinski definition) is 5. The van der Waals surface area contributed by atoms with Crippen LogP contribution in [0.1, 0.15) is 17.9 Å². The maximum absolute atomic E-state index is 13.0. The van der Waals surface area contributed by atoms with Crippen molar-refractivity contribution in [3.63, 3.8) is 0 Å². The highest BCUT2D eigenvalue weighted by Crippen LogP contribution is 2.43. The standard InChI is InChI=1S/C18H19F3N4O2/c19-18(20,21)13-7-24-14-5-9(1-2-10(13)14)25-17(27)12-6-23-15-8-22-4-3-11(15)16(12)26/h1-2,5-6,11,13,15,22,24,26H,3-4,7-8H2,(H,25,27). The second kappa shape index (κ2) is 6.56. The summed E-state index contributed by atoms with van der Waals surface area (Å²) in [6, 6.07) is 4.20. The highest BCUT2D eigenvalue weighted by molar-refractivity contribution is 6.18. The van der Waals surface area contributed by atoms with Gasteiger partial charge in [-0.05, 0) is 30.7 Å². The highest BCUT2D eigenvalue weighted by Gasteiger charge is 2.44. The van der Waals surface area contributed by atoms with Crippen molar-refractivity contribution in [1.82, 2.24) is 5.32 Å². The van der Waals surface area contributed by atoms with Gasteiger partial charge in [0.15, 0.2) is 0 Å². The molecule has 0 radical (unpaired) electrons. The molecular weight excluding hydrogens is 361 g/mol. The largest absolute Gasteiger partial charge is 0.511 e. The number of alkyl halides is 3. The Hall–Kier alpha value is -2.55. The Labute approximate surface area is 153 Å². The third kappa shape index (κ3) is 3.27. The number of benzene rings is 1. The number of nitrogens with one attached hydrogen (secondary N) is 3. The molecule has 0 aliphatic carbocycles. The topological polar surface area (TPSA) is 85.8 Å². The van der Waals surface area contributed by atoms with E-state index in [2.05, 4.69) is 20.9 Å². The van der Waals surface area contributed by atoms with Crippen molar-refractivity contribution in [1.29, 1.82) is 0 Å². The lowest BCUT2D eigenvalue weighted by Crippen LogP contribution is -2.43. The Bertz CT molecular complexity index is 834. The zero-order valence-corrected chi connectivity index (χ0v) is 14.3. The average molecular weight is 380 g/mol. The van der Waals surface area contributed by atoms with Crippen molar-refractivity contribution in [3.05, 3.63) is 35.1 Å². The Balaban J connectivity index is 1.52. The summed E-state index contributed by atoms with van der Waals surface area (Å²) in [6.07, 6.45) is -2.26. The first kappa shape index (κ1) is 17.8. The van der Waals surface area contributed by atoms with Crippen LogP contribution in [0.4, 0.5) is 24.5 Å². The molecule has 3 heterocycles. The van der Waals surface area contributed by atoms with Crippen LogP contribution in [0.5, 0.6) is 0 Å². The number of nitrogens with zero attached hydrogens (tertiary/aromatic N) is 1. The fraction of sp³-hybridized carbons (Fsp3) is 0.444. The minimum Gasteiger partial charge on any atom is -0.511 e. The number of dihydropyridines is 1. The van der Waals surface area contributed by atoms with Crippen molar-refractivity contribution in [3.8, 4) is 0 Å². The van der Waals surface area contributed by atoms with Crippen molar-refractivity contribution in [2.45, 2.75) is 24.6 Å². The van der Waals surface area contributed by atoms with E-state index in [1.807, 2.05) is 0 Å². The van der Waals surface area contributed by atoms with Gasteiger partial charge in [-0.15, -0.1) is 0 Å². The van der Waals surface area contributed by atoms with E-state index in [0.717, 1.165) is 6.54 Å². The van der Waals surface area contributed by atoms with E-state index in [1.165, 1.54) is 24.4 Å². The second-order valence-electron chi connectivity index (χ2n) is 6.97. The number of rotatable bonds is 2. The van der Waals surface area contributed by atoms with Crippen molar-refractivity contribution in [2.24, 2.45) is 10.9 Å². The summed E-state index contributed by atoms with van der Waals surface area (Å²) in [4.78, 5) is 16.9. The maximum atomic E-state index is 13.0. The minimum atomic E-state index is -4.32. The lowest BCUT2D eigenvalue weighted by atomic mass is 9.87. The van der Waals surface area contributed by atoms with Gasteiger partial charge in [-0.1, -0.05) is 6.07 Å². The molecule has 0 spiro atoms. The summed E-state index contributed by atoms with van der Waals surface area (Å²) in [5, 5.41) is 19.0. The van der Waals surface area contributed by atoms with Gasteiger partial charge in [0.05, 0.1) is 17.5 Å². The van der Waals surface area contributed by atoms with Crippen LogP contribution in [0, 0.1) is 5.92 Å². The molecule has 9 heteroatoms. The predicted octanol–water partition coefficient (Wildman–Crippen LogP) is 2.57. The van der Waals surface area contributed by atoms with Gasteiger partial charge in [-0.2, -0.15) is 13.2 Å². The monoisotopic (exact) mass is 380 g/mol. The van der Waals surface area contributed by atoms with Crippen LogP contribution in [0.25, 0.3) is 0 Å². The Morgan fingerprint density at radius 2 is 2.11 bits per heavy atom. The van der Waals surface area contributed by atoms with Crippen LogP contribution in [0.15, 0.2) is 34.5 Å². The molecule has 1 fully saturated rings. The molecule has 0 saturated carbocycles. The summed E-state index contributed by atoms with van der Waals surface area (Å²) in [7, 11) is 0. The van der Waals surface area contributed by atoms with Crippen LogP contribution in [0.3, 0.4) is 0 Å². The molecule has 3 unspecified atom stereocenters. The first-order valence-electron chi connectivity index (χ1n) is 8.77. The fourth-order valence-electron chi connectivity index (χ4n) is 3.83. The summed E-state index contributed by atoms with van der Waals surface area (Å²) >= 11 is 0. The van der Waals surface area contributed by atoms with Gasteiger partial charge in [0.1, 0.15) is 5.76 Å². The Kier molecular flexibility index (Phi) is 4.33. The first-order chi connectivity index (χ1) is 12.8. The molecule has 1 amide bonds. The highest BCUT2D eigenvalue weighted by atomic mass is 19.4. The maximum Gasteiger partial charge on any atom is 0.397 e. The number of amides is 1. The first-order valence-corrected chi connectivity index (χ1v) is 8.77. The van der Waals surface area contributed by atoms with Gasteiger partial charge in [0.2, 0.25) is 0 Å². The molecule has 3 aliphatic heterocycles. The van der Waals surface area contributed by atoms with Crippen molar-refractivity contribution in [2.75, 3.05) is 30.3 Å². The molecular formula is C18H19F3N4O2. The van der Waals surface area contributed by atoms with E-state index in [-0.39, 0.29) is 35.4 Å². The number of piperidine rings is 1. The smallest absolute Gasteiger partial charge is 0.397 e. The SMILES string of the molecule is O=C(Nc1ccc2c(c1)NCC2C(F)(F)F)C1=C(O)C2CCNCC2N=C1. The number of aliphatic hydroxyl groups is 1. The van der Waals surface area contributed by atoms with E-state index in [9.17, 15) is 23.1 Å². The predicted molar refractivity (Wildman–Crippen MR) is 95.3 cm³/mol. The van der Waals surface area contributed by atoms with E-state index in [1.54, 1.807) is 0 Å². The molecule has 27 heavy (non-hydrogen) atoms. The van der Waals surface area contributed by atoms with Crippen molar-refractivity contribution < 1.29 is 23.1 Å². The summed E-state index contributed by atoms with van der Waals surface area (Å²) in [5.74, 6) is -2.25. The van der Waals surface area contributed by atoms with E-state index >= 15 is 0 Å². The number of hydrogen-bond donors (Lipinski definition) is 4. The third-order valence-corrected chi connectivity index (χ3v) is 5.30. The van der Waals surface area contributed by atoms with Gasteiger partial charge < -0.3 is 21.1 Å². The third-order valence-electron chi connectivity index (χ3n) is 5.30. The van der Waals surface area contributed by atoms with E-state index in [0.29, 0.717) is 24.3 Å². The van der Waals surface area contributed by atoms with Gasteiger partial charge in [-0.25, -0.2) is 0 Å². The average Bonchev–Trinajstić information content (AvgIpc) is 3.05. The van der Waals surface area contributed by atoms with Crippen LogP contribution < -0.4 is 16.0 Å². The van der Waals surface area contributed by atoms with Gasteiger partial charge in [0, 0.05) is 36.6 Å². The van der Waals surface area contributed by atoms with Crippen molar-refractivity contribution >= 4 is 23.5 Å². The number of carbonyl (C=O) groups is 1. The molecule has 0 aromatic heterocycles. The molecule has 3 aliphatic rings. The summed E-state index contributed by atoms with van der Waals surface area (Å²) < 4.78 is 39.0. The normalized spacial score (nSPS) is 27.0. The lowest BCUT2D eigenvalue weighted by Gasteiger charge is -2.32. The zero-order chi connectivity index (χ0) is 19.2. The molecule has 6 nitrogen and oxygen atoms in total. The quantitative estimate of drug-likeness (QED) is 0.635. The molecule has 3 atom stereocenters. The fourth-order valence-corrected chi connectivity index (χ4v) is 3.83. The molecule has 0 bridgehead atoms. The van der Waals surface area contributed by atoms with E-state index < -0.39 is 18.0 Å². The second-order valence-corrected chi connectivity index (χ2v) is 6.97. The molecule has 1 aromatic rings. The summed E-state index contributed by atoms with van der Waals surface area (Å²) in [5.41, 5.74) is 0.971. The lowest BCUT2D eigenvalue weighted by molar-refractivity contribution is -0.145. The number of halogens is 3. The van der Waals surface area contributed by atoms with Crippen LogP contribution >= 0.6 is 0 Å². The Morgan fingerprint density at radius 3 is 2.89 bits per heavy atom. The van der Waals surface area contributed by atoms with Crippen LogP contribution in [0.2, 0.25) is 0 Å². The van der Waals surface area contributed by atoms with Gasteiger partial charge in [-0.3, -0.25) is 9.79 Å². The molecule has 4 N–H and O–H groups in total. The molecule has 1 aromatic carbocycles. The molecule has 144 valence electrons. The number of carbonyl (C=O) groups excluding carboxylic acids is 1. The van der Waals surface area contributed by atoms with Gasteiger partial charge >= 0.3 is 6.18 Å². The Morgan fingerprint density at radius 1 is 1.30 bits per heavy atom. The van der Waals surface area contributed by atoms with Crippen LogP contribution in [-0.4, -0.2) is 49.1 Å².